The molecule has 0 saturated heterocycles. The first-order valence-electron chi connectivity index (χ1n) is 6.46. The Morgan fingerprint density at radius 3 is 2.68 bits per heavy atom. The molecule has 100 valence electrons. The average molecular weight is 256 g/mol. The van der Waals surface area contributed by atoms with Crippen molar-refractivity contribution in [3.05, 3.63) is 58.9 Å². The second kappa shape index (κ2) is 6.34. The van der Waals surface area contributed by atoms with Gasteiger partial charge in [-0.05, 0) is 38.6 Å². The molecular formula is C16H20N2O. The molecule has 0 radical (unpaired) electrons. The largest absolute Gasteiger partial charge is 0.489 e. The minimum atomic E-state index is 0.550. The van der Waals surface area contributed by atoms with Crippen LogP contribution in [0.5, 0.6) is 5.75 Å². The van der Waals surface area contributed by atoms with Gasteiger partial charge in [0.15, 0.2) is 0 Å². The van der Waals surface area contributed by atoms with Gasteiger partial charge in [-0.25, -0.2) is 0 Å². The van der Waals surface area contributed by atoms with Crippen molar-refractivity contribution in [3.63, 3.8) is 0 Å². The van der Waals surface area contributed by atoms with E-state index in [0.29, 0.717) is 6.61 Å². The first kappa shape index (κ1) is 13.6. The van der Waals surface area contributed by atoms with Gasteiger partial charge < -0.3 is 10.1 Å². The highest BCUT2D eigenvalue weighted by molar-refractivity contribution is 5.37. The molecule has 0 unspecified atom stereocenters. The molecule has 2 aromatic rings. The van der Waals surface area contributed by atoms with Gasteiger partial charge in [-0.2, -0.15) is 0 Å². The quantitative estimate of drug-likeness (QED) is 0.893. The van der Waals surface area contributed by atoms with Crippen LogP contribution in [-0.4, -0.2) is 12.0 Å². The SMILES string of the molecule is CNCc1cc(C)ccc1OCc1cncc(C)c1. The van der Waals surface area contributed by atoms with Crippen molar-refractivity contribution >= 4 is 0 Å². The van der Waals surface area contributed by atoms with Gasteiger partial charge in [0.25, 0.3) is 0 Å². The van der Waals surface area contributed by atoms with Gasteiger partial charge in [0.1, 0.15) is 12.4 Å². The Bertz CT molecular complexity index is 552. The molecule has 19 heavy (non-hydrogen) atoms. The van der Waals surface area contributed by atoms with E-state index < -0.39 is 0 Å². The van der Waals surface area contributed by atoms with E-state index in [9.17, 15) is 0 Å². The van der Waals surface area contributed by atoms with Gasteiger partial charge in [-0.1, -0.05) is 17.7 Å². The fraction of sp³-hybridized carbons (Fsp3) is 0.312. The zero-order valence-electron chi connectivity index (χ0n) is 11.7. The summed E-state index contributed by atoms with van der Waals surface area (Å²) < 4.78 is 5.91. The van der Waals surface area contributed by atoms with Crippen molar-refractivity contribution < 1.29 is 4.74 Å². The van der Waals surface area contributed by atoms with Gasteiger partial charge >= 0.3 is 0 Å². The van der Waals surface area contributed by atoms with Crippen LogP contribution in [0.2, 0.25) is 0 Å². The number of rotatable bonds is 5. The highest BCUT2D eigenvalue weighted by atomic mass is 16.5. The van der Waals surface area contributed by atoms with Crippen molar-refractivity contribution in [2.24, 2.45) is 0 Å². The predicted octanol–water partition coefficient (Wildman–Crippen LogP) is 3.00. The number of pyridine rings is 1. The van der Waals surface area contributed by atoms with E-state index in [0.717, 1.165) is 23.4 Å². The normalized spacial score (nSPS) is 10.5. The minimum Gasteiger partial charge on any atom is -0.489 e. The molecule has 0 saturated carbocycles. The monoisotopic (exact) mass is 256 g/mol. The number of hydrogen-bond donors (Lipinski definition) is 1. The van der Waals surface area contributed by atoms with Gasteiger partial charge in [-0.15, -0.1) is 0 Å². The zero-order chi connectivity index (χ0) is 13.7. The van der Waals surface area contributed by atoms with Crippen LogP contribution in [0.25, 0.3) is 0 Å². The van der Waals surface area contributed by atoms with Crippen LogP contribution in [0.4, 0.5) is 0 Å². The number of nitrogens with zero attached hydrogens (tertiary/aromatic N) is 1. The summed E-state index contributed by atoms with van der Waals surface area (Å²) in [7, 11) is 1.94. The Kier molecular flexibility index (Phi) is 4.53. The molecule has 1 N–H and O–H groups in total. The van der Waals surface area contributed by atoms with E-state index in [2.05, 4.69) is 35.4 Å². The molecule has 0 amide bonds. The molecule has 3 heteroatoms. The molecule has 1 aromatic carbocycles. The maximum Gasteiger partial charge on any atom is 0.124 e. The Morgan fingerprint density at radius 2 is 1.95 bits per heavy atom. The fourth-order valence-electron chi connectivity index (χ4n) is 2.04. The molecule has 2 rings (SSSR count). The van der Waals surface area contributed by atoms with Crippen LogP contribution in [0, 0.1) is 13.8 Å². The maximum absolute atomic E-state index is 5.91. The minimum absolute atomic E-state index is 0.550. The summed E-state index contributed by atoms with van der Waals surface area (Å²) in [4.78, 5) is 4.18. The number of aromatic nitrogens is 1. The highest BCUT2D eigenvalue weighted by Crippen LogP contribution is 2.21. The molecule has 1 aromatic heterocycles. The van der Waals surface area contributed by atoms with Crippen LogP contribution in [-0.2, 0) is 13.2 Å². The smallest absolute Gasteiger partial charge is 0.124 e. The first-order valence-corrected chi connectivity index (χ1v) is 6.46. The third-order valence-electron chi connectivity index (χ3n) is 2.91. The second-order valence-corrected chi connectivity index (χ2v) is 4.80. The zero-order valence-corrected chi connectivity index (χ0v) is 11.7. The molecule has 0 aliphatic rings. The molecule has 0 aliphatic carbocycles. The molecular weight excluding hydrogens is 236 g/mol. The van der Waals surface area contributed by atoms with Gasteiger partial charge in [0.2, 0.25) is 0 Å². The van der Waals surface area contributed by atoms with Crippen molar-refractivity contribution in [1.82, 2.24) is 10.3 Å². The Hall–Kier alpha value is -1.87. The number of benzene rings is 1. The predicted molar refractivity (Wildman–Crippen MR) is 77.2 cm³/mol. The highest BCUT2D eigenvalue weighted by Gasteiger charge is 2.04. The Morgan fingerprint density at radius 1 is 1.11 bits per heavy atom. The van der Waals surface area contributed by atoms with Crippen LogP contribution < -0.4 is 10.1 Å². The van der Waals surface area contributed by atoms with E-state index in [1.807, 2.05) is 32.4 Å². The van der Waals surface area contributed by atoms with Crippen molar-refractivity contribution in [2.45, 2.75) is 27.0 Å². The van der Waals surface area contributed by atoms with Crippen molar-refractivity contribution in [1.29, 1.82) is 0 Å². The number of nitrogens with one attached hydrogen (secondary N) is 1. The lowest BCUT2D eigenvalue weighted by Gasteiger charge is -2.12. The summed E-state index contributed by atoms with van der Waals surface area (Å²) in [5, 5.41) is 3.17. The van der Waals surface area contributed by atoms with E-state index >= 15 is 0 Å². The molecule has 3 nitrogen and oxygen atoms in total. The summed E-state index contributed by atoms with van der Waals surface area (Å²) in [5.74, 6) is 0.932. The fourth-order valence-corrected chi connectivity index (χ4v) is 2.04. The average Bonchev–Trinajstić information content (AvgIpc) is 2.38. The lowest BCUT2D eigenvalue weighted by atomic mass is 10.1. The van der Waals surface area contributed by atoms with Gasteiger partial charge in [0.05, 0.1) is 0 Å². The van der Waals surface area contributed by atoms with E-state index in [4.69, 9.17) is 4.74 Å². The number of hydrogen-bond acceptors (Lipinski definition) is 3. The van der Waals surface area contributed by atoms with Crippen molar-refractivity contribution in [3.8, 4) is 5.75 Å². The lowest BCUT2D eigenvalue weighted by molar-refractivity contribution is 0.302. The van der Waals surface area contributed by atoms with Crippen molar-refractivity contribution in [2.75, 3.05) is 7.05 Å². The topological polar surface area (TPSA) is 34.1 Å². The van der Waals surface area contributed by atoms with E-state index in [-0.39, 0.29) is 0 Å². The van der Waals surface area contributed by atoms with Gasteiger partial charge in [0, 0.05) is 30.1 Å². The maximum atomic E-state index is 5.91. The second-order valence-electron chi connectivity index (χ2n) is 4.80. The molecule has 0 fully saturated rings. The van der Waals surface area contributed by atoms with E-state index in [1.165, 1.54) is 11.1 Å². The number of ether oxygens (including phenoxy) is 1. The molecule has 0 spiro atoms. The van der Waals surface area contributed by atoms with Crippen LogP contribution in [0.15, 0.2) is 36.7 Å². The summed E-state index contributed by atoms with van der Waals surface area (Å²) in [5.41, 5.74) is 4.68. The standard InChI is InChI=1S/C16H20N2O/c1-12-4-5-16(15(7-12)10-17-3)19-11-14-6-13(2)8-18-9-14/h4-9,17H,10-11H2,1-3H3. The summed E-state index contributed by atoms with van der Waals surface area (Å²) >= 11 is 0. The third kappa shape index (κ3) is 3.80. The molecule has 0 bridgehead atoms. The Labute approximate surface area is 114 Å². The lowest BCUT2D eigenvalue weighted by Crippen LogP contribution is -2.08. The molecule has 1 heterocycles. The first-order chi connectivity index (χ1) is 9.19. The van der Waals surface area contributed by atoms with E-state index in [1.54, 1.807) is 0 Å². The molecule has 0 aliphatic heterocycles. The summed E-state index contributed by atoms with van der Waals surface area (Å²) in [6.45, 7) is 5.49. The summed E-state index contributed by atoms with van der Waals surface area (Å²) in [6, 6.07) is 8.35. The van der Waals surface area contributed by atoms with Crippen LogP contribution in [0.3, 0.4) is 0 Å². The number of aryl methyl sites for hydroxylation is 2. The van der Waals surface area contributed by atoms with Crippen LogP contribution in [0.1, 0.15) is 22.3 Å². The van der Waals surface area contributed by atoms with Crippen LogP contribution >= 0.6 is 0 Å². The Balaban J connectivity index is 2.10. The summed E-state index contributed by atoms with van der Waals surface area (Å²) in [6.07, 6.45) is 3.70. The molecule has 0 atom stereocenters. The third-order valence-corrected chi connectivity index (χ3v) is 2.91. The van der Waals surface area contributed by atoms with Gasteiger partial charge in [-0.3, -0.25) is 4.98 Å².